The van der Waals surface area contributed by atoms with Crippen molar-refractivity contribution in [2.75, 3.05) is 7.11 Å². The number of aromatic nitrogens is 3. The first-order valence-electron chi connectivity index (χ1n) is 3.62. The molecule has 0 atom stereocenters. The third kappa shape index (κ3) is 1.47. The molecule has 0 radical (unpaired) electrons. The Hall–Kier alpha value is -1.23. The highest BCUT2D eigenvalue weighted by Crippen LogP contribution is 2.19. The van der Waals surface area contributed by atoms with Crippen LogP contribution in [0, 0.1) is 0 Å². The van der Waals surface area contributed by atoms with Crippen LogP contribution in [0.1, 0.15) is 0 Å². The summed E-state index contributed by atoms with van der Waals surface area (Å²) in [6.45, 7) is 0. The Bertz CT molecular complexity index is 446. The van der Waals surface area contributed by atoms with E-state index in [0.29, 0.717) is 11.5 Å². The molecule has 2 aromatic rings. The highest BCUT2D eigenvalue weighted by Gasteiger charge is 2.03. The molecule has 5 heteroatoms. The van der Waals surface area contributed by atoms with Crippen LogP contribution < -0.4 is 4.74 Å². The monoisotopic (exact) mass is 239 g/mol. The molecule has 0 amide bonds. The summed E-state index contributed by atoms with van der Waals surface area (Å²) in [6.07, 6.45) is 3.23. The molecule has 0 unspecified atom stereocenters. The lowest BCUT2D eigenvalue weighted by atomic mass is 10.4. The van der Waals surface area contributed by atoms with Gasteiger partial charge in [-0.2, -0.15) is 4.98 Å². The van der Waals surface area contributed by atoms with E-state index >= 15 is 0 Å². The molecular weight excluding hydrogens is 234 g/mol. The average molecular weight is 240 g/mol. The fourth-order valence-corrected chi connectivity index (χ4v) is 1.37. The Morgan fingerprint density at radius 3 is 3.00 bits per heavy atom. The number of hydrogen-bond donors (Lipinski definition) is 0. The zero-order chi connectivity index (χ0) is 9.26. The van der Waals surface area contributed by atoms with Gasteiger partial charge in [-0.05, 0) is 22.0 Å². The van der Waals surface area contributed by atoms with Gasteiger partial charge in [0.15, 0.2) is 5.65 Å². The molecule has 0 fully saturated rings. The summed E-state index contributed by atoms with van der Waals surface area (Å²) in [4.78, 5) is 12.4. The number of ether oxygens (including phenoxy) is 1. The molecule has 0 bridgehead atoms. The summed E-state index contributed by atoms with van der Waals surface area (Å²) >= 11 is 3.36. The van der Waals surface area contributed by atoms with Gasteiger partial charge >= 0.3 is 0 Å². The van der Waals surface area contributed by atoms with E-state index in [1.165, 1.54) is 0 Å². The largest absolute Gasteiger partial charge is 0.480 e. The molecule has 66 valence electrons. The fraction of sp³-hybridized carbons (Fsp3) is 0.125. The van der Waals surface area contributed by atoms with Crippen LogP contribution in [0.25, 0.3) is 11.2 Å². The third-order valence-corrected chi connectivity index (χ3v) is 2.22. The first-order chi connectivity index (χ1) is 6.31. The van der Waals surface area contributed by atoms with Crippen molar-refractivity contribution >= 4 is 27.1 Å². The summed E-state index contributed by atoms with van der Waals surface area (Å²) in [5.41, 5.74) is 1.32. The predicted octanol–water partition coefficient (Wildman–Crippen LogP) is 1.80. The van der Waals surface area contributed by atoms with Crippen molar-refractivity contribution in [2.24, 2.45) is 0 Å². The van der Waals surface area contributed by atoms with E-state index in [1.54, 1.807) is 19.5 Å². The summed E-state index contributed by atoms with van der Waals surface area (Å²) in [6, 6.07) is 1.82. The fourth-order valence-electron chi connectivity index (χ4n) is 0.973. The lowest BCUT2D eigenvalue weighted by Crippen LogP contribution is -1.92. The number of rotatable bonds is 1. The first-order valence-corrected chi connectivity index (χ1v) is 4.42. The maximum absolute atomic E-state index is 4.93. The zero-order valence-electron chi connectivity index (χ0n) is 6.86. The molecule has 0 aromatic carbocycles. The SMILES string of the molecule is COc1cnc2c(Br)ccnc2n1. The van der Waals surface area contributed by atoms with E-state index in [-0.39, 0.29) is 0 Å². The summed E-state index contributed by atoms with van der Waals surface area (Å²) < 4.78 is 5.82. The minimum Gasteiger partial charge on any atom is -0.480 e. The van der Waals surface area contributed by atoms with Gasteiger partial charge in [-0.1, -0.05) is 0 Å². The highest BCUT2D eigenvalue weighted by molar-refractivity contribution is 9.10. The Balaban J connectivity index is 2.72. The van der Waals surface area contributed by atoms with Crippen molar-refractivity contribution in [2.45, 2.75) is 0 Å². The predicted molar refractivity (Wildman–Crippen MR) is 51.6 cm³/mol. The standard InChI is InChI=1S/C8H6BrN3O/c1-13-6-4-11-7-5(9)2-3-10-8(7)12-6/h2-4H,1H3. The van der Waals surface area contributed by atoms with Crippen LogP contribution in [0.4, 0.5) is 0 Å². The average Bonchev–Trinajstić information content (AvgIpc) is 2.18. The number of fused-ring (bicyclic) bond motifs is 1. The zero-order valence-corrected chi connectivity index (χ0v) is 8.45. The smallest absolute Gasteiger partial charge is 0.234 e. The second kappa shape index (κ2) is 3.26. The van der Waals surface area contributed by atoms with Crippen LogP contribution in [0.5, 0.6) is 5.88 Å². The molecule has 0 N–H and O–H groups in total. The third-order valence-electron chi connectivity index (χ3n) is 1.59. The van der Waals surface area contributed by atoms with E-state index in [4.69, 9.17) is 4.74 Å². The maximum atomic E-state index is 4.93. The van der Waals surface area contributed by atoms with E-state index < -0.39 is 0 Å². The number of methoxy groups -OCH3 is 1. The van der Waals surface area contributed by atoms with Crippen LogP contribution in [0.15, 0.2) is 22.9 Å². The topological polar surface area (TPSA) is 47.9 Å². The summed E-state index contributed by atoms with van der Waals surface area (Å²) in [5, 5.41) is 0. The minimum atomic E-state index is 0.470. The quantitative estimate of drug-likeness (QED) is 0.762. The molecule has 2 aromatic heterocycles. The summed E-state index contributed by atoms with van der Waals surface area (Å²) in [5.74, 6) is 0.470. The minimum absolute atomic E-state index is 0.470. The number of hydrogen-bond acceptors (Lipinski definition) is 4. The van der Waals surface area contributed by atoms with E-state index in [0.717, 1.165) is 9.99 Å². The van der Waals surface area contributed by atoms with Gasteiger partial charge in [-0.15, -0.1) is 0 Å². The summed E-state index contributed by atoms with van der Waals surface area (Å²) in [7, 11) is 1.55. The molecule has 4 nitrogen and oxygen atoms in total. The molecule has 0 saturated carbocycles. The van der Waals surface area contributed by atoms with Crippen LogP contribution >= 0.6 is 15.9 Å². The molecule has 0 aliphatic rings. The molecule has 2 rings (SSSR count). The molecule has 0 saturated heterocycles. The lowest BCUT2D eigenvalue weighted by Gasteiger charge is -2.00. The van der Waals surface area contributed by atoms with Gasteiger partial charge < -0.3 is 4.74 Å². The number of pyridine rings is 1. The van der Waals surface area contributed by atoms with Gasteiger partial charge in [-0.3, -0.25) is 0 Å². The van der Waals surface area contributed by atoms with E-state index in [1.807, 2.05) is 6.07 Å². The molecular formula is C8H6BrN3O. The van der Waals surface area contributed by atoms with Crippen molar-refractivity contribution in [3.8, 4) is 5.88 Å². The van der Waals surface area contributed by atoms with Crippen molar-refractivity contribution in [1.29, 1.82) is 0 Å². The van der Waals surface area contributed by atoms with Gasteiger partial charge in [-0.25, -0.2) is 9.97 Å². The van der Waals surface area contributed by atoms with Crippen molar-refractivity contribution in [1.82, 2.24) is 15.0 Å². The molecule has 2 heterocycles. The molecule has 0 aliphatic carbocycles. The van der Waals surface area contributed by atoms with E-state index in [2.05, 4.69) is 30.9 Å². The maximum Gasteiger partial charge on any atom is 0.234 e. The molecule has 13 heavy (non-hydrogen) atoms. The van der Waals surface area contributed by atoms with Crippen molar-refractivity contribution in [3.05, 3.63) is 22.9 Å². The Kier molecular flexibility index (Phi) is 2.10. The van der Waals surface area contributed by atoms with Crippen molar-refractivity contribution < 1.29 is 4.74 Å². The Morgan fingerprint density at radius 1 is 1.38 bits per heavy atom. The second-order valence-electron chi connectivity index (χ2n) is 2.38. The Morgan fingerprint density at radius 2 is 2.23 bits per heavy atom. The first kappa shape index (κ1) is 8.37. The number of halogens is 1. The highest BCUT2D eigenvalue weighted by atomic mass is 79.9. The lowest BCUT2D eigenvalue weighted by molar-refractivity contribution is 0.397. The second-order valence-corrected chi connectivity index (χ2v) is 3.23. The van der Waals surface area contributed by atoms with Gasteiger partial charge in [0.25, 0.3) is 0 Å². The van der Waals surface area contributed by atoms with Crippen molar-refractivity contribution in [3.63, 3.8) is 0 Å². The molecule has 0 aliphatic heterocycles. The van der Waals surface area contributed by atoms with E-state index in [9.17, 15) is 0 Å². The molecule has 0 spiro atoms. The van der Waals surface area contributed by atoms with Crippen LogP contribution in [0.2, 0.25) is 0 Å². The normalized spacial score (nSPS) is 10.3. The van der Waals surface area contributed by atoms with Gasteiger partial charge in [0.1, 0.15) is 5.52 Å². The van der Waals surface area contributed by atoms with Gasteiger partial charge in [0, 0.05) is 10.7 Å². The van der Waals surface area contributed by atoms with Gasteiger partial charge in [0.05, 0.1) is 13.3 Å². The Labute approximate surface area is 83.1 Å². The van der Waals surface area contributed by atoms with Crippen LogP contribution in [-0.2, 0) is 0 Å². The van der Waals surface area contributed by atoms with Crippen LogP contribution in [-0.4, -0.2) is 22.1 Å². The van der Waals surface area contributed by atoms with Gasteiger partial charge in [0.2, 0.25) is 5.88 Å². The van der Waals surface area contributed by atoms with Crippen LogP contribution in [0.3, 0.4) is 0 Å². The number of nitrogens with zero attached hydrogens (tertiary/aromatic N) is 3.